The number of rotatable bonds is 3. The summed E-state index contributed by atoms with van der Waals surface area (Å²) in [5, 5.41) is 9.06. The van der Waals surface area contributed by atoms with Crippen molar-refractivity contribution in [3.8, 4) is 5.75 Å². The maximum atomic E-state index is 13.5. The zero-order chi connectivity index (χ0) is 24.8. The lowest BCUT2D eigenvalue weighted by Gasteiger charge is -2.38. The topological polar surface area (TPSA) is 59.0 Å². The first-order valence-corrected chi connectivity index (χ1v) is 9.66. The Hall–Kier alpha value is -2.38. The lowest BCUT2D eigenvalue weighted by atomic mass is 9.79. The normalized spacial score (nSPS) is 23.9. The molecule has 0 aromatic heterocycles. The highest BCUT2D eigenvalue weighted by molar-refractivity contribution is 5.65. The molecule has 2 fully saturated rings. The lowest BCUT2D eigenvalue weighted by molar-refractivity contribution is -0.314. The summed E-state index contributed by atoms with van der Waals surface area (Å²) in [6.45, 7) is -0.344. The fourth-order valence-electron chi connectivity index (χ4n) is 4.47. The Bertz CT molecular complexity index is 846. The third kappa shape index (κ3) is 5.76. The summed E-state index contributed by atoms with van der Waals surface area (Å²) >= 11 is 0. The molecule has 2 saturated heterocycles. The molecule has 1 aromatic rings. The Kier molecular flexibility index (Phi) is 6.46. The average Bonchev–Trinajstić information content (AvgIpc) is 2.96. The van der Waals surface area contributed by atoms with Gasteiger partial charge in [0, 0.05) is 19.0 Å². The zero-order valence-corrected chi connectivity index (χ0v) is 16.6. The lowest BCUT2D eigenvalue weighted by Crippen LogP contribution is -2.49. The fourth-order valence-corrected chi connectivity index (χ4v) is 4.47. The van der Waals surface area contributed by atoms with Crippen LogP contribution in [0.1, 0.15) is 30.7 Å². The van der Waals surface area contributed by atoms with Gasteiger partial charge in [0.05, 0.1) is 11.7 Å². The monoisotopic (exact) mass is 495 g/mol. The van der Waals surface area contributed by atoms with Gasteiger partial charge in [0.15, 0.2) is 5.92 Å². The molecule has 2 unspecified atom stereocenters. The molecule has 0 aliphatic carbocycles. The van der Waals surface area contributed by atoms with Crippen LogP contribution < -0.4 is 4.74 Å². The van der Waals surface area contributed by atoms with E-state index in [9.17, 15) is 44.3 Å². The molecule has 1 aromatic carbocycles. The van der Waals surface area contributed by atoms with Crippen molar-refractivity contribution in [1.82, 2.24) is 4.90 Å². The second-order valence-corrected chi connectivity index (χ2v) is 8.03. The smallest absolute Gasteiger partial charge is 0.465 e. The van der Waals surface area contributed by atoms with E-state index in [4.69, 9.17) is 9.84 Å². The van der Waals surface area contributed by atoms with Crippen molar-refractivity contribution in [2.45, 2.75) is 55.6 Å². The average molecular weight is 495 g/mol. The molecule has 1 amide bonds. The van der Waals surface area contributed by atoms with Crippen molar-refractivity contribution < 1.29 is 58.9 Å². The van der Waals surface area contributed by atoms with E-state index in [1.165, 1.54) is 0 Å². The van der Waals surface area contributed by atoms with Crippen LogP contribution in [0.15, 0.2) is 24.3 Å². The second kappa shape index (κ2) is 8.44. The Morgan fingerprint density at radius 2 is 1.64 bits per heavy atom. The molecule has 186 valence electrons. The van der Waals surface area contributed by atoms with Crippen LogP contribution in [0.2, 0.25) is 0 Å². The van der Waals surface area contributed by atoms with Crippen molar-refractivity contribution in [2.75, 3.05) is 13.1 Å². The fraction of sp³-hybridized carbons (Fsp3) is 0.632. The Balaban J connectivity index is 2.00. The van der Waals surface area contributed by atoms with Gasteiger partial charge < -0.3 is 19.5 Å². The van der Waals surface area contributed by atoms with Gasteiger partial charge in [-0.1, -0.05) is 12.1 Å². The van der Waals surface area contributed by atoms with Crippen LogP contribution in [0.4, 0.5) is 44.3 Å². The predicted octanol–water partition coefficient (Wildman–Crippen LogP) is 5.71. The molecule has 2 aliphatic heterocycles. The second-order valence-electron chi connectivity index (χ2n) is 8.03. The molecule has 2 aliphatic rings. The molecule has 1 spiro atoms. The molecule has 3 rings (SSSR count). The minimum absolute atomic E-state index is 0.159. The molecule has 2 heterocycles. The maximum absolute atomic E-state index is 13.5. The van der Waals surface area contributed by atoms with E-state index < -0.39 is 54.1 Å². The number of likely N-dealkylation sites (tertiary alicyclic amines) is 1. The van der Waals surface area contributed by atoms with Crippen LogP contribution in [-0.4, -0.2) is 59.6 Å². The van der Waals surface area contributed by atoms with Gasteiger partial charge >= 0.3 is 24.8 Å². The zero-order valence-electron chi connectivity index (χ0n) is 16.6. The molecular formula is C19H18F9NO4. The van der Waals surface area contributed by atoms with Gasteiger partial charge in [-0.15, -0.1) is 13.2 Å². The van der Waals surface area contributed by atoms with E-state index in [1.807, 2.05) is 0 Å². The highest BCUT2D eigenvalue weighted by Crippen LogP contribution is 2.55. The van der Waals surface area contributed by atoms with Gasteiger partial charge in [0.25, 0.3) is 0 Å². The summed E-state index contributed by atoms with van der Waals surface area (Å²) in [6.07, 6.45) is -21.0. The van der Waals surface area contributed by atoms with Crippen molar-refractivity contribution in [3.63, 3.8) is 0 Å². The summed E-state index contributed by atoms with van der Waals surface area (Å²) in [4.78, 5) is 12.1. The van der Waals surface area contributed by atoms with Crippen LogP contribution in [0, 0.1) is 5.92 Å². The van der Waals surface area contributed by atoms with E-state index in [1.54, 1.807) is 0 Å². The number of benzene rings is 1. The van der Waals surface area contributed by atoms with Gasteiger partial charge in [0.1, 0.15) is 5.75 Å². The van der Waals surface area contributed by atoms with Crippen LogP contribution in [0.3, 0.4) is 0 Å². The minimum atomic E-state index is -5.74. The SMILES string of the molecule is O=C(O)N1CCC2(CC1)CC(c1cccc(OC(F)(F)F)c1)C(C(C(F)(F)F)C(F)(F)F)O2. The third-order valence-electron chi connectivity index (χ3n) is 5.87. The Morgan fingerprint density at radius 3 is 2.12 bits per heavy atom. The molecule has 1 N–H and O–H groups in total. The summed E-state index contributed by atoms with van der Waals surface area (Å²) < 4.78 is 128. The number of carboxylic acid groups (broad SMARTS) is 1. The molecule has 2 atom stereocenters. The molecule has 33 heavy (non-hydrogen) atoms. The standard InChI is InChI=1S/C19H18F9NO4/c20-17(21,22)14(18(23,24)25)13-12(10-2-1-3-11(8-10)32-19(26,27)28)9-16(33-13)4-6-29(7-5-16)15(30)31/h1-3,8,12-14H,4-7,9H2,(H,30,31). The largest absolute Gasteiger partial charge is 0.573 e. The number of nitrogens with zero attached hydrogens (tertiary/aromatic N) is 1. The van der Waals surface area contributed by atoms with Crippen LogP contribution in [0.5, 0.6) is 5.75 Å². The van der Waals surface area contributed by atoms with Crippen molar-refractivity contribution in [2.24, 2.45) is 5.92 Å². The summed E-state index contributed by atoms with van der Waals surface area (Å²) in [5.74, 6) is -6.25. The van der Waals surface area contributed by atoms with Gasteiger partial charge in [-0.05, 0) is 37.0 Å². The number of carbonyl (C=O) groups is 1. The highest BCUT2D eigenvalue weighted by Gasteiger charge is 2.66. The van der Waals surface area contributed by atoms with E-state index in [2.05, 4.69) is 4.74 Å². The van der Waals surface area contributed by atoms with Crippen LogP contribution in [0.25, 0.3) is 0 Å². The summed E-state index contributed by atoms with van der Waals surface area (Å²) in [5.41, 5.74) is -1.73. The van der Waals surface area contributed by atoms with Crippen molar-refractivity contribution >= 4 is 6.09 Å². The van der Waals surface area contributed by atoms with Gasteiger partial charge in [-0.2, -0.15) is 26.3 Å². The quantitative estimate of drug-likeness (QED) is 0.546. The number of halogens is 9. The highest BCUT2D eigenvalue weighted by atomic mass is 19.4. The minimum Gasteiger partial charge on any atom is -0.465 e. The molecule has 0 saturated carbocycles. The molecule has 0 radical (unpaired) electrons. The van der Waals surface area contributed by atoms with Crippen LogP contribution >= 0.6 is 0 Å². The first-order chi connectivity index (χ1) is 15.0. The predicted molar refractivity (Wildman–Crippen MR) is 92.5 cm³/mol. The summed E-state index contributed by atoms with van der Waals surface area (Å²) in [7, 11) is 0. The third-order valence-corrected chi connectivity index (χ3v) is 5.87. The first kappa shape index (κ1) is 25.2. The van der Waals surface area contributed by atoms with Crippen molar-refractivity contribution in [3.05, 3.63) is 29.8 Å². The number of alkyl halides is 9. The van der Waals surface area contributed by atoms with Gasteiger partial charge in [0.2, 0.25) is 0 Å². The maximum Gasteiger partial charge on any atom is 0.573 e. The molecule has 0 bridgehead atoms. The molecule has 14 heteroatoms. The van der Waals surface area contributed by atoms with E-state index in [-0.39, 0.29) is 37.9 Å². The number of piperidine rings is 1. The Morgan fingerprint density at radius 1 is 1.06 bits per heavy atom. The van der Waals surface area contributed by atoms with E-state index >= 15 is 0 Å². The van der Waals surface area contributed by atoms with Crippen LogP contribution in [-0.2, 0) is 4.74 Å². The van der Waals surface area contributed by atoms with Gasteiger partial charge in [-0.25, -0.2) is 4.79 Å². The number of hydrogen-bond acceptors (Lipinski definition) is 3. The van der Waals surface area contributed by atoms with Gasteiger partial charge in [-0.3, -0.25) is 0 Å². The number of amides is 1. The summed E-state index contributed by atoms with van der Waals surface area (Å²) in [6, 6.07) is 3.75. The first-order valence-electron chi connectivity index (χ1n) is 9.66. The molecular weight excluding hydrogens is 477 g/mol. The number of ether oxygens (including phenoxy) is 2. The molecule has 5 nitrogen and oxygen atoms in total. The van der Waals surface area contributed by atoms with Crippen molar-refractivity contribution in [1.29, 1.82) is 0 Å². The number of hydrogen-bond donors (Lipinski definition) is 1. The van der Waals surface area contributed by atoms with E-state index in [0.29, 0.717) is 0 Å². The Labute approximate surface area is 181 Å². The van der Waals surface area contributed by atoms with E-state index in [0.717, 1.165) is 29.2 Å².